The van der Waals surface area contributed by atoms with Gasteiger partial charge in [0.25, 0.3) is 5.91 Å². The Bertz CT molecular complexity index is 1510. The largest absolute Gasteiger partial charge is 0.373 e. The van der Waals surface area contributed by atoms with E-state index in [9.17, 15) is 13.2 Å². The van der Waals surface area contributed by atoms with Crippen molar-refractivity contribution in [3.8, 4) is 0 Å². The van der Waals surface area contributed by atoms with Crippen molar-refractivity contribution in [2.24, 2.45) is 0 Å². The van der Waals surface area contributed by atoms with Crippen LogP contribution in [0.2, 0.25) is 5.02 Å². The second kappa shape index (κ2) is 10.5. The van der Waals surface area contributed by atoms with Crippen LogP contribution in [-0.2, 0) is 21.3 Å². The SMILES string of the molecule is CC1CN(S(=O)(=O)c2ccc(C(=O)N(Cc3ccccc3)c3nc4c(Cl)cccc4s3)cc2)CC(C)O1. The van der Waals surface area contributed by atoms with E-state index in [-0.39, 0.29) is 23.0 Å². The number of sulfonamides is 1. The van der Waals surface area contributed by atoms with Gasteiger partial charge in [0.2, 0.25) is 10.0 Å². The predicted molar refractivity (Wildman–Crippen MR) is 147 cm³/mol. The zero-order valence-electron chi connectivity index (χ0n) is 20.4. The van der Waals surface area contributed by atoms with Gasteiger partial charge in [0.05, 0.1) is 33.4 Å². The summed E-state index contributed by atoms with van der Waals surface area (Å²) in [5, 5.41) is 1.04. The van der Waals surface area contributed by atoms with E-state index < -0.39 is 10.0 Å². The van der Waals surface area contributed by atoms with Gasteiger partial charge < -0.3 is 4.74 Å². The molecule has 0 radical (unpaired) electrons. The van der Waals surface area contributed by atoms with Crippen molar-refractivity contribution in [1.82, 2.24) is 9.29 Å². The molecule has 0 spiro atoms. The van der Waals surface area contributed by atoms with E-state index in [0.29, 0.717) is 40.9 Å². The molecule has 1 aliphatic rings. The maximum Gasteiger partial charge on any atom is 0.260 e. The van der Waals surface area contributed by atoms with E-state index in [0.717, 1.165) is 10.3 Å². The van der Waals surface area contributed by atoms with E-state index >= 15 is 0 Å². The van der Waals surface area contributed by atoms with Crippen molar-refractivity contribution < 1.29 is 17.9 Å². The van der Waals surface area contributed by atoms with Crippen LogP contribution in [0.1, 0.15) is 29.8 Å². The number of amides is 1. The number of hydrogen-bond donors (Lipinski definition) is 0. The number of hydrogen-bond acceptors (Lipinski definition) is 6. The molecule has 0 saturated carbocycles. The number of anilines is 1. The summed E-state index contributed by atoms with van der Waals surface area (Å²) in [4.78, 5) is 20.2. The van der Waals surface area contributed by atoms with Crippen LogP contribution in [0.25, 0.3) is 10.2 Å². The first kappa shape index (κ1) is 25.8. The summed E-state index contributed by atoms with van der Waals surface area (Å²) >= 11 is 7.73. The van der Waals surface area contributed by atoms with Gasteiger partial charge in [-0.15, -0.1) is 0 Å². The highest BCUT2D eigenvalue weighted by Gasteiger charge is 2.32. The molecule has 4 aromatic rings. The zero-order valence-corrected chi connectivity index (χ0v) is 22.8. The fourth-order valence-electron chi connectivity index (χ4n) is 4.41. The number of morpholine rings is 1. The van der Waals surface area contributed by atoms with Gasteiger partial charge in [-0.2, -0.15) is 4.31 Å². The molecule has 0 bridgehead atoms. The van der Waals surface area contributed by atoms with Gasteiger partial charge in [0, 0.05) is 18.7 Å². The van der Waals surface area contributed by atoms with E-state index in [4.69, 9.17) is 16.3 Å². The Morgan fingerprint density at radius 3 is 2.35 bits per heavy atom. The molecule has 1 amide bonds. The number of carbonyl (C=O) groups excluding carboxylic acids is 1. The Labute approximate surface area is 225 Å². The van der Waals surface area contributed by atoms with Gasteiger partial charge in [-0.05, 0) is 55.8 Å². The van der Waals surface area contributed by atoms with Crippen LogP contribution in [0.4, 0.5) is 5.13 Å². The molecule has 10 heteroatoms. The lowest BCUT2D eigenvalue weighted by Crippen LogP contribution is -2.48. The van der Waals surface area contributed by atoms with Crippen molar-refractivity contribution in [2.75, 3.05) is 18.0 Å². The number of carbonyl (C=O) groups is 1. The third-order valence-electron chi connectivity index (χ3n) is 6.14. The second-order valence-corrected chi connectivity index (χ2v) is 12.4. The lowest BCUT2D eigenvalue weighted by Gasteiger charge is -2.34. The van der Waals surface area contributed by atoms with Crippen molar-refractivity contribution >= 4 is 54.2 Å². The highest BCUT2D eigenvalue weighted by atomic mass is 35.5. The minimum absolute atomic E-state index is 0.145. The van der Waals surface area contributed by atoms with Crippen LogP contribution in [0.5, 0.6) is 0 Å². The van der Waals surface area contributed by atoms with Crippen LogP contribution < -0.4 is 4.90 Å². The molecule has 1 saturated heterocycles. The first-order valence-corrected chi connectivity index (χ1v) is 14.5. The Hall–Kier alpha value is -2.82. The van der Waals surface area contributed by atoms with E-state index in [1.807, 2.05) is 56.3 Å². The number of thiazole rings is 1. The molecule has 192 valence electrons. The second-order valence-electron chi connectivity index (χ2n) is 9.06. The number of rotatable bonds is 6. The molecule has 37 heavy (non-hydrogen) atoms. The molecule has 7 nitrogen and oxygen atoms in total. The molecular weight excluding hydrogens is 530 g/mol. The molecule has 2 unspecified atom stereocenters. The third-order valence-corrected chi connectivity index (χ3v) is 9.34. The number of benzene rings is 3. The summed E-state index contributed by atoms with van der Waals surface area (Å²) in [6.45, 7) is 4.60. The van der Waals surface area contributed by atoms with Crippen molar-refractivity contribution in [1.29, 1.82) is 0 Å². The van der Waals surface area contributed by atoms with E-state index in [2.05, 4.69) is 4.98 Å². The molecule has 5 rings (SSSR count). The van der Waals surface area contributed by atoms with Crippen molar-refractivity contribution in [3.05, 3.63) is 88.9 Å². The van der Waals surface area contributed by atoms with Gasteiger partial charge in [0.1, 0.15) is 5.52 Å². The normalized spacial score (nSPS) is 18.7. The fourth-order valence-corrected chi connectivity index (χ4v) is 7.27. The molecule has 1 aromatic heterocycles. The lowest BCUT2D eigenvalue weighted by atomic mass is 10.1. The van der Waals surface area contributed by atoms with Gasteiger partial charge >= 0.3 is 0 Å². The maximum atomic E-state index is 13.7. The fraction of sp³-hybridized carbons (Fsp3) is 0.259. The summed E-state index contributed by atoms with van der Waals surface area (Å²) in [6.07, 6.45) is -0.374. The van der Waals surface area contributed by atoms with Crippen molar-refractivity contribution in [2.45, 2.75) is 37.5 Å². The smallest absolute Gasteiger partial charge is 0.260 e. The van der Waals surface area contributed by atoms with Crippen LogP contribution in [-0.4, -0.2) is 48.9 Å². The zero-order chi connectivity index (χ0) is 26.2. The number of ether oxygens (including phenoxy) is 1. The van der Waals surface area contributed by atoms with Gasteiger partial charge in [0.15, 0.2) is 5.13 Å². The quantitative estimate of drug-likeness (QED) is 0.310. The lowest BCUT2D eigenvalue weighted by molar-refractivity contribution is -0.0440. The van der Waals surface area contributed by atoms with Crippen LogP contribution in [0, 0.1) is 0 Å². The molecular formula is C27H26ClN3O4S2. The number of fused-ring (bicyclic) bond motifs is 1. The Kier molecular flexibility index (Phi) is 7.33. The summed E-state index contributed by atoms with van der Waals surface area (Å²) in [5.41, 5.74) is 1.95. The molecule has 3 aromatic carbocycles. The number of halogens is 1. The summed E-state index contributed by atoms with van der Waals surface area (Å²) < 4.78 is 34.5. The van der Waals surface area contributed by atoms with Crippen molar-refractivity contribution in [3.63, 3.8) is 0 Å². The van der Waals surface area contributed by atoms with E-state index in [1.165, 1.54) is 27.8 Å². The average molecular weight is 556 g/mol. The Morgan fingerprint density at radius 1 is 1.03 bits per heavy atom. The molecule has 1 aliphatic heterocycles. The van der Waals surface area contributed by atoms with E-state index in [1.54, 1.807) is 23.1 Å². The average Bonchev–Trinajstić information content (AvgIpc) is 3.32. The predicted octanol–water partition coefficient (Wildman–Crippen LogP) is 5.59. The number of para-hydroxylation sites is 1. The molecule has 0 N–H and O–H groups in total. The Balaban J connectivity index is 1.46. The first-order valence-electron chi connectivity index (χ1n) is 11.9. The maximum absolute atomic E-state index is 13.7. The molecule has 2 atom stereocenters. The topological polar surface area (TPSA) is 79.8 Å². The highest BCUT2D eigenvalue weighted by molar-refractivity contribution is 7.89. The van der Waals surface area contributed by atoms with Crippen LogP contribution in [0.15, 0.2) is 77.7 Å². The molecule has 2 heterocycles. The summed E-state index contributed by atoms with van der Waals surface area (Å²) in [5.74, 6) is -0.281. The standard InChI is InChI=1S/C27H26ClN3O4S2/c1-18-15-30(16-19(2)35-18)37(33,34)22-13-11-21(12-14-22)26(32)31(17-20-7-4-3-5-8-20)27-29-25-23(28)9-6-10-24(25)36-27/h3-14,18-19H,15-17H2,1-2H3. The minimum atomic E-state index is -3.71. The third kappa shape index (κ3) is 5.42. The number of nitrogens with zero attached hydrogens (tertiary/aromatic N) is 3. The van der Waals surface area contributed by atoms with Gasteiger partial charge in [-0.25, -0.2) is 13.4 Å². The first-order chi connectivity index (χ1) is 17.7. The molecule has 0 aliphatic carbocycles. The summed E-state index contributed by atoms with van der Waals surface area (Å²) in [7, 11) is -3.71. The molecule has 1 fully saturated rings. The minimum Gasteiger partial charge on any atom is -0.373 e. The monoisotopic (exact) mass is 555 g/mol. The number of aromatic nitrogens is 1. The van der Waals surface area contributed by atoms with Gasteiger partial charge in [-0.1, -0.05) is 59.3 Å². The van der Waals surface area contributed by atoms with Crippen LogP contribution in [0.3, 0.4) is 0 Å². The highest BCUT2D eigenvalue weighted by Crippen LogP contribution is 2.34. The Morgan fingerprint density at radius 2 is 1.70 bits per heavy atom. The van der Waals surface area contributed by atoms with Crippen LogP contribution >= 0.6 is 22.9 Å². The summed E-state index contributed by atoms with van der Waals surface area (Å²) in [6, 6.07) is 21.3. The van der Waals surface area contributed by atoms with Gasteiger partial charge in [-0.3, -0.25) is 9.69 Å².